The van der Waals surface area contributed by atoms with Gasteiger partial charge in [0, 0.05) is 5.56 Å². The van der Waals surface area contributed by atoms with Crippen LogP contribution < -0.4 is 10.5 Å². The van der Waals surface area contributed by atoms with Gasteiger partial charge >= 0.3 is 0 Å². The second-order valence-corrected chi connectivity index (χ2v) is 4.85. The molecule has 1 aromatic heterocycles. The van der Waals surface area contributed by atoms with Crippen molar-refractivity contribution < 1.29 is 14.1 Å². The summed E-state index contributed by atoms with van der Waals surface area (Å²) >= 11 is 0. The molecule has 6 nitrogen and oxygen atoms in total. The van der Waals surface area contributed by atoms with Gasteiger partial charge in [-0.3, -0.25) is 4.79 Å². The van der Waals surface area contributed by atoms with Gasteiger partial charge in [0.1, 0.15) is 5.75 Å². The number of carbonyl (C=O) groups is 1. The van der Waals surface area contributed by atoms with Gasteiger partial charge in [0.05, 0.1) is 18.6 Å². The van der Waals surface area contributed by atoms with Crippen LogP contribution in [0.25, 0.3) is 22.8 Å². The highest BCUT2D eigenvalue weighted by atomic mass is 16.5. The maximum atomic E-state index is 10.8. The largest absolute Gasteiger partial charge is 0.492 e. The highest BCUT2D eigenvalue weighted by Crippen LogP contribution is 2.30. The van der Waals surface area contributed by atoms with Gasteiger partial charge < -0.3 is 15.0 Å². The molecular formula is C17H15N3O3. The zero-order chi connectivity index (χ0) is 16.1. The lowest BCUT2D eigenvalue weighted by Crippen LogP contribution is -2.14. The van der Waals surface area contributed by atoms with Crippen LogP contribution >= 0.6 is 0 Å². The SMILES string of the molecule is NC(=O)CCOc1ccccc1-c1nc(-c2ccccc2)no1. The number of ether oxygens (including phenoxy) is 1. The number of benzene rings is 2. The maximum Gasteiger partial charge on any atom is 0.262 e. The summed E-state index contributed by atoms with van der Waals surface area (Å²) in [6.45, 7) is 0.200. The average molecular weight is 309 g/mol. The molecule has 23 heavy (non-hydrogen) atoms. The minimum atomic E-state index is -0.411. The number of nitrogens with zero attached hydrogens (tertiary/aromatic N) is 2. The van der Waals surface area contributed by atoms with Crippen molar-refractivity contribution >= 4 is 5.91 Å². The fourth-order valence-corrected chi connectivity index (χ4v) is 2.07. The molecule has 0 saturated heterocycles. The molecule has 0 fully saturated rings. The minimum Gasteiger partial charge on any atom is -0.492 e. The molecule has 0 aliphatic carbocycles. The predicted octanol–water partition coefficient (Wildman–Crippen LogP) is 2.66. The number of nitrogens with two attached hydrogens (primary N) is 1. The van der Waals surface area contributed by atoms with Crippen LogP contribution in [0.5, 0.6) is 5.75 Å². The Morgan fingerprint density at radius 1 is 1.09 bits per heavy atom. The van der Waals surface area contributed by atoms with E-state index < -0.39 is 5.91 Å². The molecule has 116 valence electrons. The van der Waals surface area contributed by atoms with Gasteiger partial charge in [-0.15, -0.1) is 0 Å². The fourth-order valence-electron chi connectivity index (χ4n) is 2.07. The molecule has 0 radical (unpaired) electrons. The van der Waals surface area contributed by atoms with E-state index in [9.17, 15) is 4.79 Å². The van der Waals surface area contributed by atoms with Gasteiger partial charge in [0.25, 0.3) is 5.89 Å². The summed E-state index contributed by atoms with van der Waals surface area (Å²) in [5.41, 5.74) is 6.66. The summed E-state index contributed by atoms with van der Waals surface area (Å²) in [5, 5.41) is 4.00. The molecule has 3 rings (SSSR count). The third-order valence-electron chi connectivity index (χ3n) is 3.18. The lowest BCUT2D eigenvalue weighted by molar-refractivity contribution is -0.118. The van der Waals surface area contributed by atoms with Crippen molar-refractivity contribution in [3.63, 3.8) is 0 Å². The lowest BCUT2D eigenvalue weighted by Gasteiger charge is -2.07. The number of carbonyl (C=O) groups excluding carboxylic acids is 1. The predicted molar refractivity (Wildman–Crippen MR) is 84.5 cm³/mol. The van der Waals surface area contributed by atoms with Gasteiger partial charge in [-0.05, 0) is 12.1 Å². The molecule has 0 saturated carbocycles. The van der Waals surface area contributed by atoms with Crippen LogP contribution in [0.1, 0.15) is 6.42 Å². The molecule has 1 amide bonds. The van der Waals surface area contributed by atoms with E-state index in [0.29, 0.717) is 23.0 Å². The van der Waals surface area contributed by atoms with E-state index in [1.165, 1.54) is 0 Å². The van der Waals surface area contributed by atoms with Crippen molar-refractivity contribution in [3.05, 3.63) is 54.6 Å². The molecule has 0 aliphatic heterocycles. The van der Waals surface area contributed by atoms with Gasteiger partial charge in [-0.2, -0.15) is 4.98 Å². The van der Waals surface area contributed by atoms with E-state index in [1.54, 1.807) is 6.07 Å². The van der Waals surface area contributed by atoms with Crippen LogP contribution in [0.4, 0.5) is 0 Å². The highest BCUT2D eigenvalue weighted by Gasteiger charge is 2.14. The van der Waals surface area contributed by atoms with Crippen molar-refractivity contribution in [1.29, 1.82) is 0 Å². The van der Waals surface area contributed by atoms with Crippen molar-refractivity contribution in [3.8, 4) is 28.6 Å². The lowest BCUT2D eigenvalue weighted by atomic mass is 10.2. The van der Waals surface area contributed by atoms with Gasteiger partial charge in [0.15, 0.2) is 0 Å². The van der Waals surface area contributed by atoms with Crippen molar-refractivity contribution in [2.45, 2.75) is 6.42 Å². The van der Waals surface area contributed by atoms with E-state index >= 15 is 0 Å². The zero-order valence-corrected chi connectivity index (χ0v) is 12.3. The number of amides is 1. The molecular weight excluding hydrogens is 294 g/mol. The number of primary amides is 1. The van der Waals surface area contributed by atoms with E-state index in [1.807, 2.05) is 48.5 Å². The van der Waals surface area contributed by atoms with Crippen LogP contribution in [0.3, 0.4) is 0 Å². The topological polar surface area (TPSA) is 91.2 Å². The molecule has 0 atom stereocenters. The van der Waals surface area contributed by atoms with Crippen molar-refractivity contribution in [2.24, 2.45) is 5.73 Å². The molecule has 1 heterocycles. The Balaban J connectivity index is 1.85. The quantitative estimate of drug-likeness (QED) is 0.756. The van der Waals surface area contributed by atoms with E-state index in [-0.39, 0.29) is 13.0 Å². The first-order chi connectivity index (χ1) is 11.2. The van der Waals surface area contributed by atoms with Crippen LogP contribution in [0.15, 0.2) is 59.1 Å². The average Bonchev–Trinajstić information content (AvgIpc) is 3.06. The Hall–Kier alpha value is -3.15. The summed E-state index contributed by atoms with van der Waals surface area (Å²) in [6, 6.07) is 16.8. The molecule has 0 spiro atoms. The second kappa shape index (κ2) is 6.74. The van der Waals surface area contributed by atoms with Crippen molar-refractivity contribution in [2.75, 3.05) is 6.61 Å². The molecule has 3 aromatic rings. The van der Waals surface area contributed by atoms with E-state index in [2.05, 4.69) is 10.1 Å². The first-order valence-corrected chi connectivity index (χ1v) is 7.13. The Kier molecular flexibility index (Phi) is 4.33. The first-order valence-electron chi connectivity index (χ1n) is 7.13. The summed E-state index contributed by atoms with van der Waals surface area (Å²) in [7, 11) is 0. The fraction of sp³-hybridized carbons (Fsp3) is 0.118. The van der Waals surface area contributed by atoms with Crippen LogP contribution in [-0.2, 0) is 4.79 Å². The highest BCUT2D eigenvalue weighted by molar-refractivity contribution is 5.74. The maximum absolute atomic E-state index is 10.8. The summed E-state index contributed by atoms with van der Waals surface area (Å²) in [6.07, 6.45) is 0.146. The number of hydrogen-bond donors (Lipinski definition) is 1. The monoisotopic (exact) mass is 309 g/mol. The standard InChI is InChI=1S/C17H15N3O3/c18-15(21)10-11-22-14-9-5-4-8-13(14)17-19-16(20-23-17)12-6-2-1-3-7-12/h1-9H,10-11H2,(H2,18,21). The molecule has 0 bridgehead atoms. The minimum absolute atomic E-state index is 0.146. The molecule has 6 heteroatoms. The molecule has 2 N–H and O–H groups in total. The molecule has 0 aliphatic rings. The number of aromatic nitrogens is 2. The Bertz CT molecular complexity index is 800. The van der Waals surface area contributed by atoms with Crippen LogP contribution in [0.2, 0.25) is 0 Å². The van der Waals surface area contributed by atoms with E-state index in [4.69, 9.17) is 15.0 Å². The summed E-state index contributed by atoms with van der Waals surface area (Å²) in [4.78, 5) is 15.2. The van der Waals surface area contributed by atoms with Crippen LogP contribution in [0, 0.1) is 0 Å². The summed E-state index contributed by atoms with van der Waals surface area (Å²) < 4.78 is 10.9. The van der Waals surface area contributed by atoms with Crippen molar-refractivity contribution in [1.82, 2.24) is 10.1 Å². The normalized spacial score (nSPS) is 10.4. The molecule has 2 aromatic carbocycles. The first kappa shape index (κ1) is 14.8. The number of hydrogen-bond acceptors (Lipinski definition) is 5. The Morgan fingerprint density at radius 3 is 2.61 bits per heavy atom. The Labute approximate surface area is 132 Å². The van der Waals surface area contributed by atoms with Gasteiger partial charge in [-0.25, -0.2) is 0 Å². The van der Waals surface area contributed by atoms with E-state index in [0.717, 1.165) is 5.56 Å². The van der Waals surface area contributed by atoms with Gasteiger partial charge in [0.2, 0.25) is 11.7 Å². The smallest absolute Gasteiger partial charge is 0.262 e. The number of rotatable bonds is 6. The summed E-state index contributed by atoms with van der Waals surface area (Å²) in [5.74, 6) is 1.02. The number of para-hydroxylation sites is 1. The van der Waals surface area contributed by atoms with Crippen LogP contribution in [-0.4, -0.2) is 22.7 Å². The van der Waals surface area contributed by atoms with Gasteiger partial charge in [-0.1, -0.05) is 47.6 Å². The second-order valence-electron chi connectivity index (χ2n) is 4.85. The molecule has 0 unspecified atom stereocenters. The zero-order valence-electron chi connectivity index (χ0n) is 12.3. The Morgan fingerprint density at radius 2 is 1.83 bits per heavy atom. The third-order valence-corrected chi connectivity index (χ3v) is 3.18. The third kappa shape index (κ3) is 3.55.